The van der Waals surface area contributed by atoms with Gasteiger partial charge in [-0.05, 0) is 18.8 Å². The molecule has 0 aliphatic heterocycles. The molecule has 10 heteroatoms. The predicted molar refractivity (Wildman–Crippen MR) is 110 cm³/mol. The predicted octanol–water partition coefficient (Wildman–Crippen LogP) is 1.42. The highest BCUT2D eigenvalue weighted by atomic mass is 32.2. The minimum atomic E-state index is -3.31. The van der Waals surface area contributed by atoms with Crippen LogP contribution in [0.15, 0.2) is 17.1 Å². The van der Waals surface area contributed by atoms with Crippen LogP contribution < -0.4 is 29.6 Å². The Labute approximate surface area is 166 Å². The number of sulfonamides is 1. The number of ether oxygens (including phenoxy) is 3. The first-order chi connectivity index (χ1) is 13.4. The van der Waals surface area contributed by atoms with E-state index in [-0.39, 0.29) is 12.3 Å². The van der Waals surface area contributed by atoms with Crippen LogP contribution in [0.4, 0.5) is 5.69 Å². The zero-order valence-corrected chi connectivity index (χ0v) is 17.7. The van der Waals surface area contributed by atoms with E-state index < -0.39 is 10.0 Å². The first-order valence-corrected chi connectivity index (χ1v) is 10.8. The molecule has 0 aromatic heterocycles. The van der Waals surface area contributed by atoms with Crippen molar-refractivity contribution in [3.05, 3.63) is 12.1 Å². The minimum absolute atomic E-state index is 0.0321. The maximum absolute atomic E-state index is 12.1. The van der Waals surface area contributed by atoms with Gasteiger partial charge in [0.05, 0.1) is 27.1 Å². The van der Waals surface area contributed by atoms with Gasteiger partial charge < -0.3 is 24.8 Å². The summed E-state index contributed by atoms with van der Waals surface area (Å²) in [6.45, 7) is 0.755. The van der Waals surface area contributed by atoms with Gasteiger partial charge in [0, 0.05) is 38.0 Å². The van der Waals surface area contributed by atoms with Crippen molar-refractivity contribution in [3.63, 3.8) is 0 Å². The molecule has 28 heavy (non-hydrogen) atoms. The molecule has 0 radical (unpaired) electrons. The smallest absolute Gasteiger partial charge is 0.213 e. The zero-order chi connectivity index (χ0) is 20.6. The third-order valence-corrected chi connectivity index (χ3v) is 5.98. The normalized spacial score (nSPS) is 14.9. The highest BCUT2D eigenvalue weighted by Crippen LogP contribution is 2.39. The summed E-state index contributed by atoms with van der Waals surface area (Å²) in [4.78, 5) is 4.12. The van der Waals surface area contributed by atoms with Crippen LogP contribution in [0.3, 0.4) is 0 Å². The number of nitrogens with one attached hydrogen (secondary N) is 3. The molecule has 0 unspecified atom stereocenters. The van der Waals surface area contributed by atoms with Gasteiger partial charge in [-0.15, -0.1) is 0 Å². The topological polar surface area (TPSA) is 110 Å². The van der Waals surface area contributed by atoms with Crippen molar-refractivity contribution in [1.29, 1.82) is 0 Å². The van der Waals surface area contributed by atoms with E-state index >= 15 is 0 Å². The fourth-order valence-corrected chi connectivity index (χ4v) is 3.79. The molecule has 0 amide bonds. The molecule has 3 N–H and O–H groups in total. The Balaban J connectivity index is 1.91. The lowest BCUT2D eigenvalue weighted by molar-refractivity contribution is 0.316. The van der Waals surface area contributed by atoms with Crippen LogP contribution in [0, 0.1) is 5.92 Å². The molecule has 1 aromatic rings. The molecule has 0 atom stereocenters. The third kappa shape index (κ3) is 6.16. The number of hydrogen-bond donors (Lipinski definition) is 3. The summed E-state index contributed by atoms with van der Waals surface area (Å²) in [6.07, 6.45) is 3.40. The number of benzene rings is 1. The van der Waals surface area contributed by atoms with E-state index in [0.717, 1.165) is 12.8 Å². The van der Waals surface area contributed by atoms with Crippen LogP contribution in [0.25, 0.3) is 0 Å². The lowest BCUT2D eigenvalue weighted by atomic mass is 9.86. The summed E-state index contributed by atoms with van der Waals surface area (Å²) in [7, 11) is 2.91. The molecular formula is C18H30N4O5S. The summed E-state index contributed by atoms with van der Waals surface area (Å²) in [5.74, 6) is 2.38. The molecule has 1 aromatic carbocycles. The summed E-state index contributed by atoms with van der Waals surface area (Å²) >= 11 is 0. The number of aliphatic imine (C=N–C) groups is 1. The number of anilines is 1. The molecule has 1 saturated carbocycles. The van der Waals surface area contributed by atoms with Gasteiger partial charge in [-0.3, -0.25) is 4.99 Å². The number of hydrogen-bond acceptors (Lipinski definition) is 6. The average molecular weight is 415 g/mol. The van der Waals surface area contributed by atoms with Crippen molar-refractivity contribution in [2.24, 2.45) is 10.9 Å². The van der Waals surface area contributed by atoms with Crippen molar-refractivity contribution in [3.8, 4) is 17.2 Å². The van der Waals surface area contributed by atoms with Gasteiger partial charge in [0.2, 0.25) is 15.8 Å². The van der Waals surface area contributed by atoms with Crippen LogP contribution in [-0.2, 0) is 10.0 Å². The van der Waals surface area contributed by atoms with Gasteiger partial charge in [-0.2, -0.15) is 0 Å². The summed E-state index contributed by atoms with van der Waals surface area (Å²) in [5.41, 5.74) is 0.661. The Bertz CT molecular complexity index is 753. The SMILES string of the molecule is CN=C(NCCS(=O)(=O)NCC1CCC1)Nc1cc(OC)c(OC)c(OC)c1. The lowest BCUT2D eigenvalue weighted by Crippen LogP contribution is -2.39. The van der Waals surface area contributed by atoms with Crippen molar-refractivity contribution in [1.82, 2.24) is 10.0 Å². The van der Waals surface area contributed by atoms with E-state index in [0.29, 0.717) is 41.4 Å². The van der Waals surface area contributed by atoms with E-state index in [9.17, 15) is 8.42 Å². The first kappa shape index (κ1) is 22.1. The average Bonchev–Trinajstić information content (AvgIpc) is 2.64. The van der Waals surface area contributed by atoms with E-state index in [1.54, 1.807) is 19.2 Å². The number of guanidine groups is 1. The maximum Gasteiger partial charge on any atom is 0.213 e. The molecule has 9 nitrogen and oxygen atoms in total. The van der Waals surface area contributed by atoms with E-state index in [2.05, 4.69) is 20.3 Å². The standard InChI is InChI=1S/C18H30N4O5S/c1-19-18(20-8-9-28(23,24)21-12-13-6-5-7-13)22-14-10-15(25-2)17(27-4)16(11-14)26-3/h10-11,13,21H,5-9,12H2,1-4H3,(H2,19,20,22). The summed E-state index contributed by atoms with van der Waals surface area (Å²) < 4.78 is 42.8. The molecular weight excluding hydrogens is 384 g/mol. The second-order valence-corrected chi connectivity index (χ2v) is 8.43. The van der Waals surface area contributed by atoms with Gasteiger partial charge in [0.15, 0.2) is 17.5 Å². The van der Waals surface area contributed by atoms with Crippen LogP contribution >= 0.6 is 0 Å². The second kappa shape index (κ2) is 10.4. The van der Waals surface area contributed by atoms with E-state index in [1.165, 1.54) is 27.8 Å². The monoisotopic (exact) mass is 414 g/mol. The van der Waals surface area contributed by atoms with Crippen molar-refractivity contribution in [2.75, 3.05) is 52.5 Å². The number of nitrogens with zero attached hydrogens (tertiary/aromatic N) is 1. The van der Waals surface area contributed by atoms with Gasteiger partial charge in [-0.1, -0.05) is 6.42 Å². The fourth-order valence-electron chi connectivity index (χ4n) is 2.79. The summed E-state index contributed by atoms with van der Waals surface area (Å²) in [5, 5.41) is 6.09. The zero-order valence-electron chi connectivity index (χ0n) is 16.9. The van der Waals surface area contributed by atoms with Crippen molar-refractivity contribution < 1.29 is 22.6 Å². The van der Waals surface area contributed by atoms with E-state index in [1.807, 2.05) is 0 Å². The Hall–Kier alpha value is -2.20. The van der Waals surface area contributed by atoms with Crippen LogP contribution in [0.5, 0.6) is 17.2 Å². The number of methoxy groups -OCH3 is 3. The van der Waals surface area contributed by atoms with Gasteiger partial charge in [0.1, 0.15) is 0 Å². The quantitative estimate of drug-likeness (QED) is 0.392. The highest BCUT2D eigenvalue weighted by Gasteiger charge is 2.20. The third-order valence-electron chi connectivity index (χ3n) is 4.63. The lowest BCUT2D eigenvalue weighted by Gasteiger charge is -2.25. The summed E-state index contributed by atoms with van der Waals surface area (Å²) in [6, 6.07) is 3.48. The van der Waals surface area contributed by atoms with Gasteiger partial charge in [-0.25, -0.2) is 13.1 Å². The molecule has 2 rings (SSSR count). The van der Waals surface area contributed by atoms with Crippen LogP contribution in [-0.4, -0.2) is 61.6 Å². The highest BCUT2D eigenvalue weighted by molar-refractivity contribution is 7.89. The molecule has 1 fully saturated rings. The Morgan fingerprint density at radius 1 is 1.14 bits per heavy atom. The number of rotatable bonds is 10. The fraction of sp³-hybridized carbons (Fsp3) is 0.611. The molecule has 0 spiro atoms. The van der Waals surface area contributed by atoms with Crippen LogP contribution in [0.2, 0.25) is 0 Å². The van der Waals surface area contributed by atoms with Gasteiger partial charge in [0.25, 0.3) is 0 Å². The van der Waals surface area contributed by atoms with Gasteiger partial charge >= 0.3 is 0 Å². The molecule has 0 heterocycles. The molecule has 158 valence electrons. The largest absolute Gasteiger partial charge is 0.493 e. The second-order valence-electron chi connectivity index (χ2n) is 6.50. The Morgan fingerprint density at radius 2 is 1.79 bits per heavy atom. The van der Waals surface area contributed by atoms with Crippen molar-refractivity contribution >= 4 is 21.7 Å². The molecule has 0 saturated heterocycles. The maximum atomic E-state index is 12.1. The van der Waals surface area contributed by atoms with Crippen LogP contribution in [0.1, 0.15) is 19.3 Å². The van der Waals surface area contributed by atoms with E-state index in [4.69, 9.17) is 14.2 Å². The molecule has 1 aliphatic carbocycles. The minimum Gasteiger partial charge on any atom is -0.493 e. The Morgan fingerprint density at radius 3 is 2.25 bits per heavy atom. The molecule has 1 aliphatic rings. The Kier molecular flexibility index (Phi) is 8.18. The van der Waals surface area contributed by atoms with Crippen molar-refractivity contribution in [2.45, 2.75) is 19.3 Å². The molecule has 0 bridgehead atoms. The first-order valence-electron chi connectivity index (χ1n) is 9.17.